The molecule has 2 fully saturated rings. The summed E-state index contributed by atoms with van der Waals surface area (Å²) in [5.74, 6) is 2.31. The second kappa shape index (κ2) is 8.71. The molecule has 0 aromatic heterocycles. The second-order valence-corrected chi connectivity index (χ2v) is 7.42. The molecule has 2 aliphatic heterocycles. The summed E-state index contributed by atoms with van der Waals surface area (Å²) in [4.78, 5) is 15.2. The third-order valence-corrected chi connectivity index (χ3v) is 5.49. The first-order chi connectivity index (χ1) is 11.3. The zero-order chi connectivity index (χ0) is 15.9. The minimum absolute atomic E-state index is 0.109. The predicted molar refractivity (Wildman–Crippen MR) is 94.7 cm³/mol. The molecule has 4 nitrogen and oxygen atoms in total. The van der Waals surface area contributed by atoms with E-state index in [9.17, 15) is 4.79 Å². The van der Waals surface area contributed by atoms with Crippen molar-refractivity contribution in [3.05, 3.63) is 35.9 Å². The molecule has 0 radical (unpaired) electrons. The monoisotopic (exact) mass is 334 g/mol. The Hall–Kier alpha value is -1.04. The molecule has 126 valence electrons. The topological polar surface area (TPSA) is 41.6 Å². The number of hydrogen-bond acceptors (Lipinski definition) is 4. The first-order valence-electron chi connectivity index (χ1n) is 8.60. The predicted octanol–water partition coefficient (Wildman–Crippen LogP) is 2.46. The van der Waals surface area contributed by atoms with E-state index in [1.165, 1.54) is 6.42 Å². The zero-order valence-corrected chi connectivity index (χ0v) is 14.4. The van der Waals surface area contributed by atoms with Crippen molar-refractivity contribution in [2.75, 3.05) is 37.7 Å². The summed E-state index contributed by atoms with van der Waals surface area (Å²) in [6.45, 7) is 3.39. The van der Waals surface area contributed by atoms with Crippen LogP contribution < -0.4 is 5.32 Å². The van der Waals surface area contributed by atoms with Gasteiger partial charge >= 0.3 is 0 Å². The first-order valence-corrected chi connectivity index (χ1v) is 9.76. The number of nitrogens with one attached hydrogen (secondary N) is 1. The summed E-state index contributed by atoms with van der Waals surface area (Å²) in [6.07, 6.45) is 3.58. The molecule has 2 aliphatic rings. The maximum Gasteiger partial charge on any atom is 0.242 e. The Kier molecular flexibility index (Phi) is 6.37. The van der Waals surface area contributed by atoms with Crippen molar-refractivity contribution < 1.29 is 9.53 Å². The fraction of sp³-hybridized carbons (Fsp3) is 0.611. The molecule has 2 saturated heterocycles. The minimum atomic E-state index is -0.180. The number of carbonyl (C=O) groups is 1. The maximum atomic E-state index is 12.9. The molecule has 1 aromatic rings. The number of nitrogens with zero attached hydrogens (tertiary/aromatic N) is 1. The molecule has 1 amide bonds. The third kappa shape index (κ3) is 4.72. The number of benzene rings is 1. The number of amides is 1. The molecule has 2 heterocycles. The Bertz CT molecular complexity index is 485. The van der Waals surface area contributed by atoms with Gasteiger partial charge < -0.3 is 10.1 Å². The Morgan fingerprint density at radius 3 is 2.74 bits per heavy atom. The highest BCUT2D eigenvalue weighted by Crippen LogP contribution is 2.24. The highest BCUT2D eigenvalue weighted by molar-refractivity contribution is 7.99. The molecule has 2 unspecified atom stereocenters. The lowest BCUT2D eigenvalue weighted by Gasteiger charge is -2.34. The molecule has 23 heavy (non-hydrogen) atoms. The SMILES string of the molecule is O=C(NCC1CCCCO1)C(c1ccccc1)N1CCSCC1. The van der Waals surface area contributed by atoms with Crippen LogP contribution in [0.5, 0.6) is 0 Å². The van der Waals surface area contributed by atoms with Crippen LogP contribution in [0.4, 0.5) is 0 Å². The number of hydrogen-bond donors (Lipinski definition) is 1. The Morgan fingerprint density at radius 2 is 2.04 bits per heavy atom. The van der Waals surface area contributed by atoms with Crippen LogP contribution in [0.2, 0.25) is 0 Å². The summed E-state index contributed by atoms with van der Waals surface area (Å²) in [7, 11) is 0. The van der Waals surface area contributed by atoms with Gasteiger partial charge in [-0.3, -0.25) is 9.69 Å². The minimum Gasteiger partial charge on any atom is -0.376 e. The summed E-state index contributed by atoms with van der Waals surface area (Å²) >= 11 is 1.97. The quantitative estimate of drug-likeness (QED) is 0.898. The lowest BCUT2D eigenvalue weighted by Crippen LogP contribution is -2.46. The molecule has 0 bridgehead atoms. The first kappa shape index (κ1) is 16.8. The van der Waals surface area contributed by atoms with Crippen LogP contribution in [0.15, 0.2) is 30.3 Å². The Balaban J connectivity index is 1.65. The fourth-order valence-corrected chi connectivity index (χ4v) is 4.21. The molecule has 0 spiro atoms. The van der Waals surface area contributed by atoms with Crippen LogP contribution in [-0.2, 0) is 9.53 Å². The van der Waals surface area contributed by atoms with Gasteiger partial charge in [0.25, 0.3) is 0 Å². The van der Waals surface area contributed by atoms with Crippen molar-refractivity contribution in [2.45, 2.75) is 31.4 Å². The van der Waals surface area contributed by atoms with Crippen molar-refractivity contribution in [3.63, 3.8) is 0 Å². The third-order valence-electron chi connectivity index (χ3n) is 4.55. The summed E-state index contributed by atoms with van der Waals surface area (Å²) in [5, 5.41) is 3.14. The van der Waals surface area contributed by atoms with E-state index in [1.54, 1.807) is 0 Å². The standard InChI is InChI=1S/C18H26N2O2S/c21-18(19-14-16-8-4-5-11-22-16)17(15-6-2-1-3-7-15)20-9-12-23-13-10-20/h1-3,6-7,16-17H,4-5,8-14H2,(H,19,21). The van der Waals surface area contributed by atoms with Crippen LogP contribution in [-0.4, -0.2) is 54.7 Å². The van der Waals surface area contributed by atoms with Gasteiger partial charge in [0.1, 0.15) is 6.04 Å². The molecule has 0 aliphatic carbocycles. The Labute approximate surface area is 143 Å². The average molecular weight is 334 g/mol. The van der Waals surface area contributed by atoms with Crippen molar-refractivity contribution in [1.82, 2.24) is 10.2 Å². The number of thioether (sulfide) groups is 1. The molecular weight excluding hydrogens is 308 g/mol. The van der Waals surface area contributed by atoms with Gasteiger partial charge in [0.15, 0.2) is 0 Å². The molecule has 0 saturated carbocycles. The van der Waals surface area contributed by atoms with E-state index in [1.807, 2.05) is 30.0 Å². The second-order valence-electron chi connectivity index (χ2n) is 6.20. The van der Waals surface area contributed by atoms with Gasteiger partial charge in [-0.1, -0.05) is 30.3 Å². The van der Waals surface area contributed by atoms with Gasteiger partial charge in [0, 0.05) is 37.7 Å². The van der Waals surface area contributed by atoms with Crippen molar-refractivity contribution >= 4 is 17.7 Å². The van der Waals surface area contributed by atoms with Gasteiger partial charge in [-0.25, -0.2) is 0 Å². The van der Waals surface area contributed by atoms with Gasteiger partial charge in [-0.2, -0.15) is 11.8 Å². The number of carbonyl (C=O) groups excluding carboxylic acids is 1. The smallest absolute Gasteiger partial charge is 0.242 e. The van der Waals surface area contributed by atoms with Crippen LogP contribution in [0.25, 0.3) is 0 Å². The van der Waals surface area contributed by atoms with Gasteiger partial charge in [-0.15, -0.1) is 0 Å². The highest BCUT2D eigenvalue weighted by atomic mass is 32.2. The van der Waals surface area contributed by atoms with Crippen LogP contribution in [0, 0.1) is 0 Å². The van der Waals surface area contributed by atoms with Gasteiger partial charge in [0.2, 0.25) is 5.91 Å². The van der Waals surface area contributed by atoms with Crippen LogP contribution in [0.3, 0.4) is 0 Å². The van der Waals surface area contributed by atoms with Crippen LogP contribution >= 0.6 is 11.8 Å². The van der Waals surface area contributed by atoms with Crippen molar-refractivity contribution in [1.29, 1.82) is 0 Å². The number of ether oxygens (including phenoxy) is 1. The van der Waals surface area contributed by atoms with E-state index in [-0.39, 0.29) is 18.1 Å². The zero-order valence-electron chi connectivity index (χ0n) is 13.6. The van der Waals surface area contributed by atoms with E-state index in [0.717, 1.165) is 49.6 Å². The number of rotatable bonds is 5. The molecule has 3 rings (SSSR count). The fourth-order valence-electron chi connectivity index (χ4n) is 3.28. The summed E-state index contributed by atoms with van der Waals surface area (Å²) < 4.78 is 5.73. The summed E-state index contributed by atoms with van der Waals surface area (Å²) in [5.41, 5.74) is 1.08. The van der Waals surface area contributed by atoms with Crippen molar-refractivity contribution in [3.8, 4) is 0 Å². The van der Waals surface area contributed by atoms with Gasteiger partial charge in [-0.05, 0) is 24.8 Å². The van der Waals surface area contributed by atoms with E-state index >= 15 is 0 Å². The highest BCUT2D eigenvalue weighted by Gasteiger charge is 2.29. The van der Waals surface area contributed by atoms with E-state index < -0.39 is 0 Å². The van der Waals surface area contributed by atoms with E-state index in [2.05, 4.69) is 22.3 Å². The van der Waals surface area contributed by atoms with E-state index in [4.69, 9.17) is 4.74 Å². The molecule has 1 N–H and O–H groups in total. The normalized spacial score (nSPS) is 24.1. The van der Waals surface area contributed by atoms with Crippen LogP contribution in [0.1, 0.15) is 30.9 Å². The average Bonchev–Trinajstić information content (AvgIpc) is 2.63. The molecular formula is C18H26N2O2S. The summed E-state index contributed by atoms with van der Waals surface area (Å²) in [6, 6.07) is 9.96. The molecule has 1 aromatic carbocycles. The largest absolute Gasteiger partial charge is 0.376 e. The molecule has 5 heteroatoms. The molecule has 2 atom stereocenters. The van der Waals surface area contributed by atoms with Crippen molar-refractivity contribution in [2.24, 2.45) is 0 Å². The Morgan fingerprint density at radius 1 is 1.26 bits per heavy atom. The van der Waals surface area contributed by atoms with Gasteiger partial charge in [0.05, 0.1) is 6.10 Å². The lowest BCUT2D eigenvalue weighted by molar-refractivity contribution is -0.127. The maximum absolute atomic E-state index is 12.9. The van der Waals surface area contributed by atoms with E-state index in [0.29, 0.717) is 6.54 Å². The lowest BCUT2D eigenvalue weighted by atomic mass is 10.0.